The number of rotatable bonds is 4. The first-order valence-electron chi connectivity index (χ1n) is 6.38. The third-order valence-corrected chi connectivity index (χ3v) is 4.09. The predicted molar refractivity (Wildman–Crippen MR) is 82.8 cm³/mol. The number of hydrogen-bond acceptors (Lipinski definition) is 3. The van der Waals surface area contributed by atoms with Crippen molar-refractivity contribution in [2.75, 3.05) is 19.0 Å². The monoisotopic (exact) mass is 351 g/mol. The third-order valence-electron chi connectivity index (χ3n) is 2.93. The molecule has 0 aliphatic rings. The quantitative estimate of drug-likeness (QED) is 0.438. The van der Waals surface area contributed by atoms with Crippen LogP contribution in [0.3, 0.4) is 0 Å². The van der Waals surface area contributed by atoms with Crippen molar-refractivity contribution in [2.45, 2.75) is 4.90 Å². The molecule has 0 aliphatic heterocycles. The van der Waals surface area contributed by atoms with Crippen LogP contribution in [0.5, 0.6) is 0 Å². The Kier molecular flexibility index (Phi) is 3.68. The Morgan fingerprint density at radius 2 is 1.09 bits per heavy atom. The van der Waals surface area contributed by atoms with Gasteiger partial charge in [0.2, 0.25) is 0 Å². The fourth-order valence-corrected chi connectivity index (χ4v) is 2.35. The van der Waals surface area contributed by atoms with E-state index in [2.05, 4.69) is 10.2 Å². The standard InChI is InChI=1S/C14H14F5N3S/c1-22(2)13-7-3-11(4-8-13)20-21-12-5-9-14(10-6-12)23(15,16,17,18)19/h3-10H,1-2H3/b21-20+. The van der Waals surface area contributed by atoms with Gasteiger partial charge in [-0.15, -0.1) is 0 Å². The Hall–Kier alpha value is -2.16. The highest BCUT2D eigenvalue weighted by molar-refractivity contribution is 8.45. The van der Waals surface area contributed by atoms with Crippen LogP contribution < -0.4 is 4.90 Å². The molecule has 126 valence electrons. The summed E-state index contributed by atoms with van der Waals surface area (Å²) in [6.45, 7) is 0. The van der Waals surface area contributed by atoms with Gasteiger partial charge in [0, 0.05) is 19.8 Å². The van der Waals surface area contributed by atoms with Crippen molar-refractivity contribution in [3.8, 4) is 0 Å². The maximum absolute atomic E-state index is 12.6. The number of benzene rings is 2. The van der Waals surface area contributed by atoms with E-state index in [1.807, 2.05) is 19.0 Å². The Balaban J connectivity index is 2.18. The first kappa shape index (κ1) is 17.2. The van der Waals surface area contributed by atoms with Crippen LogP contribution in [0.2, 0.25) is 0 Å². The summed E-state index contributed by atoms with van der Waals surface area (Å²) in [5.74, 6) is 0. The van der Waals surface area contributed by atoms with Crippen LogP contribution in [0.4, 0.5) is 36.5 Å². The number of nitrogens with zero attached hydrogens (tertiary/aromatic N) is 3. The van der Waals surface area contributed by atoms with E-state index in [0.29, 0.717) is 17.8 Å². The van der Waals surface area contributed by atoms with Gasteiger partial charge in [-0.3, -0.25) is 0 Å². The summed E-state index contributed by atoms with van der Waals surface area (Å²) in [4.78, 5) is -0.0565. The zero-order chi connectivity index (χ0) is 17.4. The largest absolute Gasteiger partial charge is 0.378 e. The van der Waals surface area contributed by atoms with Gasteiger partial charge in [-0.2, -0.15) is 10.2 Å². The van der Waals surface area contributed by atoms with Gasteiger partial charge in [-0.1, -0.05) is 19.4 Å². The number of hydrogen-bond donors (Lipinski definition) is 0. The van der Waals surface area contributed by atoms with Crippen LogP contribution in [0.15, 0.2) is 63.7 Å². The number of halogens is 5. The van der Waals surface area contributed by atoms with Crippen LogP contribution >= 0.6 is 10.2 Å². The molecule has 2 rings (SSSR count). The summed E-state index contributed by atoms with van der Waals surface area (Å²) in [7, 11) is -5.90. The molecular weight excluding hydrogens is 337 g/mol. The predicted octanol–water partition coefficient (Wildman–Crippen LogP) is 6.83. The van der Waals surface area contributed by atoms with E-state index in [9.17, 15) is 19.4 Å². The van der Waals surface area contributed by atoms with Crippen molar-refractivity contribution in [1.82, 2.24) is 0 Å². The van der Waals surface area contributed by atoms with Crippen molar-refractivity contribution in [3.05, 3.63) is 48.5 Å². The van der Waals surface area contributed by atoms with Crippen LogP contribution in [-0.4, -0.2) is 14.1 Å². The van der Waals surface area contributed by atoms with Gasteiger partial charge in [-0.05, 0) is 48.5 Å². The zero-order valence-electron chi connectivity index (χ0n) is 12.3. The van der Waals surface area contributed by atoms with Crippen molar-refractivity contribution >= 4 is 27.3 Å². The van der Waals surface area contributed by atoms with Crippen molar-refractivity contribution < 1.29 is 19.4 Å². The average molecular weight is 351 g/mol. The molecular formula is C14H14F5N3S. The maximum Gasteiger partial charge on any atom is 0.310 e. The minimum Gasteiger partial charge on any atom is -0.378 e. The van der Waals surface area contributed by atoms with Gasteiger partial charge in [0.1, 0.15) is 4.90 Å². The molecule has 3 nitrogen and oxygen atoms in total. The Labute approximate surface area is 130 Å². The average Bonchev–Trinajstić information content (AvgIpc) is 2.43. The molecule has 0 amide bonds. The van der Waals surface area contributed by atoms with E-state index in [-0.39, 0.29) is 5.69 Å². The minimum atomic E-state index is -9.64. The summed E-state index contributed by atoms with van der Waals surface area (Å²) in [6, 6.07) is 9.28. The molecule has 0 saturated heterocycles. The summed E-state index contributed by atoms with van der Waals surface area (Å²) in [5.41, 5.74) is 1.49. The molecule has 0 heterocycles. The highest BCUT2D eigenvalue weighted by atomic mass is 32.5. The molecule has 0 N–H and O–H groups in total. The molecule has 0 aromatic heterocycles. The fourth-order valence-electron chi connectivity index (χ4n) is 1.70. The summed E-state index contributed by atoms with van der Waals surface area (Å²) < 4.78 is 62.9. The van der Waals surface area contributed by atoms with Crippen molar-refractivity contribution in [1.29, 1.82) is 0 Å². The second-order valence-corrected chi connectivity index (χ2v) is 7.48. The number of azo groups is 1. The van der Waals surface area contributed by atoms with E-state index >= 15 is 0 Å². The van der Waals surface area contributed by atoms with Crippen molar-refractivity contribution in [2.24, 2.45) is 10.2 Å². The van der Waals surface area contributed by atoms with Crippen LogP contribution in [0, 0.1) is 0 Å². The topological polar surface area (TPSA) is 28.0 Å². The SMILES string of the molecule is CN(C)c1ccc(/N=N/c2ccc(S(F)(F)(F)(F)F)cc2)cc1. The van der Waals surface area contributed by atoms with Crippen LogP contribution in [0.1, 0.15) is 0 Å². The first-order valence-corrected chi connectivity index (χ1v) is 8.33. The lowest BCUT2D eigenvalue weighted by atomic mass is 10.3. The van der Waals surface area contributed by atoms with Gasteiger partial charge in [0.15, 0.2) is 0 Å². The molecule has 23 heavy (non-hydrogen) atoms. The molecule has 2 aromatic carbocycles. The second kappa shape index (κ2) is 4.92. The van der Waals surface area contributed by atoms with E-state index in [1.165, 1.54) is 0 Å². The summed E-state index contributed by atoms with van der Waals surface area (Å²) in [5, 5.41) is 7.58. The van der Waals surface area contributed by atoms with Crippen LogP contribution in [-0.2, 0) is 0 Å². The van der Waals surface area contributed by atoms with Gasteiger partial charge >= 0.3 is 10.2 Å². The molecule has 0 fully saturated rings. The van der Waals surface area contributed by atoms with E-state index in [4.69, 9.17) is 0 Å². The molecule has 0 aliphatic carbocycles. The normalized spacial score (nSPS) is 15.3. The Morgan fingerprint density at radius 3 is 1.43 bits per heavy atom. The lowest BCUT2D eigenvalue weighted by Crippen LogP contribution is -2.07. The molecule has 0 saturated carbocycles. The molecule has 0 bridgehead atoms. The van der Waals surface area contributed by atoms with E-state index in [0.717, 1.165) is 17.8 Å². The molecule has 0 atom stereocenters. The molecule has 0 radical (unpaired) electrons. The highest BCUT2D eigenvalue weighted by Crippen LogP contribution is 3.02. The second-order valence-electron chi connectivity index (χ2n) is 5.07. The zero-order valence-corrected chi connectivity index (χ0v) is 13.1. The van der Waals surface area contributed by atoms with Gasteiger partial charge < -0.3 is 4.90 Å². The maximum atomic E-state index is 12.6. The Bertz CT molecular complexity index is 722. The van der Waals surface area contributed by atoms with Crippen LogP contribution in [0.25, 0.3) is 0 Å². The number of anilines is 1. The summed E-state index contributed by atoms with van der Waals surface area (Å²) >= 11 is 0. The van der Waals surface area contributed by atoms with E-state index < -0.39 is 15.1 Å². The molecule has 2 aromatic rings. The fraction of sp³-hybridized carbons (Fsp3) is 0.143. The molecule has 9 heteroatoms. The molecule has 0 spiro atoms. The highest BCUT2D eigenvalue weighted by Gasteiger charge is 2.65. The van der Waals surface area contributed by atoms with Crippen molar-refractivity contribution in [3.63, 3.8) is 0 Å². The molecule has 0 unspecified atom stereocenters. The Morgan fingerprint density at radius 1 is 0.696 bits per heavy atom. The van der Waals surface area contributed by atoms with E-state index in [1.54, 1.807) is 24.3 Å². The van der Waals surface area contributed by atoms with Gasteiger partial charge in [-0.25, -0.2) is 0 Å². The first-order chi connectivity index (χ1) is 10.3. The smallest absolute Gasteiger partial charge is 0.310 e. The summed E-state index contributed by atoms with van der Waals surface area (Å²) in [6.07, 6.45) is 0. The lowest BCUT2D eigenvalue weighted by molar-refractivity contribution is 0.364. The minimum absolute atomic E-state index is 0.0484. The van der Waals surface area contributed by atoms with Gasteiger partial charge in [0.25, 0.3) is 0 Å². The van der Waals surface area contributed by atoms with Gasteiger partial charge in [0.05, 0.1) is 11.4 Å². The third kappa shape index (κ3) is 4.65. The lowest BCUT2D eigenvalue weighted by Gasteiger charge is -2.40.